The first-order valence-electron chi connectivity index (χ1n) is 12.3. The highest BCUT2D eigenvalue weighted by molar-refractivity contribution is 8.00. The lowest BCUT2D eigenvalue weighted by atomic mass is 9.99. The van der Waals surface area contributed by atoms with E-state index < -0.39 is 5.25 Å². The molecule has 1 N–H and O–H groups in total. The van der Waals surface area contributed by atoms with Crippen molar-refractivity contribution in [2.24, 2.45) is 0 Å². The van der Waals surface area contributed by atoms with Crippen LogP contribution in [0.3, 0.4) is 0 Å². The number of carbonyl (C=O) groups excluding carboxylic acids is 1. The predicted molar refractivity (Wildman–Crippen MR) is 145 cm³/mol. The summed E-state index contributed by atoms with van der Waals surface area (Å²) in [5, 5.41) is 11.8. The first-order chi connectivity index (χ1) is 17.5. The van der Waals surface area contributed by atoms with Crippen molar-refractivity contribution in [2.75, 3.05) is 5.32 Å². The maximum absolute atomic E-state index is 14.6. The summed E-state index contributed by atoms with van der Waals surface area (Å²) in [7, 11) is 0. The number of aryl methyl sites for hydroxylation is 1. The van der Waals surface area contributed by atoms with Crippen LogP contribution < -0.4 is 5.32 Å². The van der Waals surface area contributed by atoms with Gasteiger partial charge in [0.15, 0.2) is 11.0 Å². The molecule has 1 amide bonds. The molecule has 0 radical (unpaired) electrons. The van der Waals surface area contributed by atoms with Gasteiger partial charge < -0.3 is 9.88 Å². The average molecular weight is 503 g/mol. The van der Waals surface area contributed by atoms with Gasteiger partial charge in [0.05, 0.1) is 10.8 Å². The van der Waals surface area contributed by atoms with E-state index in [9.17, 15) is 9.18 Å². The number of amides is 1. The van der Waals surface area contributed by atoms with Crippen LogP contribution in [0.2, 0.25) is 0 Å². The lowest BCUT2D eigenvalue weighted by molar-refractivity contribution is -0.115. The molecule has 0 saturated carbocycles. The van der Waals surface area contributed by atoms with Crippen molar-refractivity contribution in [1.82, 2.24) is 14.8 Å². The molecule has 0 spiro atoms. The monoisotopic (exact) mass is 502 g/mol. The van der Waals surface area contributed by atoms with Crippen molar-refractivity contribution >= 4 is 23.4 Å². The molecule has 1 heterocycles. The highest BCUT2D eigenvalue weighted by Gasteiger charge is 2.22. The van der Waals surface area contributed by atoms with E-state index in [1.54, 1.807) is 18.2 Å². The van der Waals surface area contributed by atoms with Crippen molar-refractivity contribution in [2.45, 2.75) is 56.5 Å². The van der Waals surface area contributed by atoms with Gasteiger partial charge in [-0.25, -0.2) is 4.39 Å². The Bertz CT molecular complexity index is 1290. The quantitative estimate of drug-likeness (QED) is 0.238. The van der Waals surface area contributed by atoms with E-state index in [1.807, 2.05) is 41.8 Å². The predicted octanol–water partition coefficient (Wildman–Crippen LogP) is 6.96. The maximum atomic E-state index is 14.6. The van der Waals surface area contributed by atoms with Crippen LogP contribution in [0.5, 0.6) is 0 Å². The second-order valence-electron chi connectivity index (χ2n) is 8.85. The fourth-order valence-corrected chi connectivity index (χ4v) is 4.77. The average Bonchev–Trinajstić information content (AvgIpc) is 3.30. The van der Waals surface area contributed by atoms with E-state index in [4.69, 9.17) is 0 Å². The fraction of sp³-hybridized carbons (Fsp3) is 0.276. The highest BCUT2D eigenvalue weighted by atomic mass is 32.2. The molecule has 4 aromatic rings. The summed E-state index contributed by atoms with van der Waals surface area (Å²) in [6.45, 7) is 6.76. The second kappa shape index (κ2) is 12.0. The van der Waals surface area contributed by atoms with Crippen LogP contribution in [-0.2, 0) is 17.8 Å². The van der Waals surface area contributed by atoms with Gasteiger partial charge in [0.25, 0.3) is 0 Å². The Balaban J connectivity index is 1.52. The normalized spacial score (nSPS) is 12.8. The number of carbonyl (C=O) groups is 1. The minimum Gasteiger partial charge on any atom is -0.325 e. The number of hydrogen-bond acceptors (Lipinski definition) is 4. The third-order valence-electron chi connectivity index (χ3n) is 6.31. The molecule has 7 heteroatoms. The number of anilines is 1. The number of aromatic nitrogens is 3. The Hall–Kier alpha value is -3.45. The van der Waals surface area contributed by atoms with E-state index >= 15 is 0 Å². The van der Waals surface area contributed by atoms with Crippen LogP contribution >= 0.6 is 11.8 Å². The summed E-state index contributed by atoms with van der Waals surface area (Å²) in [4.78, 5) is 13.0. The highest BCUT2D eigenvalue weighted by Crippen LogP contribution is 2.29. The minimum atomic E-state index is -0.424. The van der Waals surface area contributed by atoms with Crippen molar-refractivity contribution in [3.8, 4) is 11.4 Å². The minimum absolute atomic E-state index is 0.124. The molecule has 0 aliphatic heterocycles. The number of benzene rings is 3. The molecule has 0 saturated heterocycles. The molecule has 2 atom stereocenters. The van der Waals surface area contributed by atoms with Crippen LogP contribution in [0.4, 0.5) is 10.1 Å². The zero-order valence-electron chi connectivity index (χ0n) is 20.8. The lowest BCUT2D eigenvalue weighted by Crippen LogP contribution is -2.23. The molecule has 4 rings (SSSR count). The number of nitrogens with one attached hydrogen (secondary N) is 1. The van der Waals surface area contributed by atoms with Crippen LogP contribution in [0.1, 0.15) is 44.2 Å². The summed E-state index contributed by atoms with van der Waals surface area (Å²) < 4.78 is 16.5. The number of halogens is 1. The van der Waals surface area contributed by atoms with Crippen LogP contribution in [0, 0.1) is 5.82 Å². The summed E-state index contributed by atoms with van der Waals surface area (Å²) in [6.07, 6.45) is 1.80. The molecule has 186 valence electrons. The molecule has 0 bridgehead atoms. The van der Waals surface area contributed by atoms with Gasteiger partial charge in [-0.05, 0) is 61.1 Å². The molecule has 36 heavy (non-hydrogen) atoms. The first-order valence-corrected chi connectivity index (χ1v) is 13.1. The van der Waals surface area contributed by atoms with E-state index in [0.717, 1.165) is 24.1 Å². The number of rotatable bonds is 10. The third kappa shape index (κ3) is 6.21. The smallest absolute Gasteiger partial charge is 0.237 e. The Morgan fingerprint density at radius 1 is 0.972 bits per heavy atom. The summed E-state index contributed by atoms with van der Waals surface area (Å²) >= 11 is 1.32. The van der Waals surface area contributed by atoms with Gasteiger partial charge in [0.1, 0.15) is 5.82 Å². The molecule has 0 aliphatic rings. The van der Waals surface area contributed by atoms with Crippen molar-refractivity contribution < 1.29 is 9.18 Å². The molecule has 1 aromatic heterocycles. The van der Waals surface area contributed by atoms with Gasteiger partial charge in [0, 0.05) is 12.2 Å². The molecule has 2 unspecified atom stereocenters. The lowest BCUT2D eigenvalue weighted by Gasteiger charge is -2.15. The van der Waals surface area contributed by atoms with Gasteiger partial charge in [-0.1, -0.05) is 80.2 Å². The molecule has 3 aromatic carbocycles. The molecule has 0 fully saturated rings. The van der Waals surface area contributed by atoms with Crippen molar-refractivity contribution in [3.05, 3.63) is 95.8 Å². The Labute approximate surface area is 216 Å². The van der Waals surface area contributed by atoms with Gasteiger partial charge in [-0.3, -0.25) is 4.79 Å². The van der Waals surface area contributed by atoms with Gasteiger partial charge in [-0.15, -0.1) is 10.2 Å². The topological polar surface area (TPSA) is 59.8 Å². The summed E-state index contributed by atoms with van der Waals surface area (Å²) in [6, 6.07) is 24.6. The fourth-order valence-electron chi connectivity index (χ4n) is 3.89. The third-order valence-corrected chi connectivity index (χ3v) is 7.39. The Morgan fingerprint density at radius 2 is 1.67 bits per heavy atom. The maximum Gasteiger partial charge on any atom is 0.237 e. The zero-order chi connectivity index (χ0) is 25.5. The Kier molecular flexibility index (Phi) is 8.54. The molecule has 5 nitrogen and oxygen atoms in total. The zero-order valence-corrected chi connectivity index (χ0v) is 21.6. The number of nitrogens with zero attached hydrogens (tertiary/aromatic N) is 3. The molecular weight excluding hydrogens is 471 g/mol. The van der Waals surface area contributed by atoms with Crippen LogP contribution in [0.15, 0.2) is 84.0 Å². The van der Waals surface area contributed by atoms with Gasteiger partial charge >= 0.3 is 0 Å². The second-order valence-corrected chi connectivity index (χ2v) is 10.2. The number of thioether (sulfide) groups is 1. The van der Waals surface area contributed by atoms with Crippen molar-refractivity contribution in [1.29, 1.82) is 0 Å². The largest absolute Gasteiger partial charge is 0.325 e. The van der Waals surface area contributed by atoms with Gasteiger partial charge in [0.2, 0.25) is 5.91 Å². The first kappa shape index (κ1) is 25.6. The van der Waals surface area contributed by atoms with Crippen molar-refractivity contribution in [3.63, 3.8) is 0 Å². The standard InChI is InChI=1S/C29H31FN4OS/c1-4-20(2)23-14-16-24(17-15-23)31-28(35)21(3)36-29-33-32-27(25-12-8-9-13-26(25)30)34(29)19-18-22-10-6-5-7-11-22/h5-17,20-21H,4,18-19H2,1-3H3,(H,31,35). The van der Waals surface area contributed by atoms with E-state index in [2.05, 4.69) is 53.6 Å². The van der Waals surface area contributed by atoms with E-state index in [0.29, 0.717) is 29.0 Å². The summed E-state index contributed by atoms with van der Waals surface area (Å²) in [5.41, 5.74) is 3.57. The van der Waals surface area contributed by atoms with E-state index in [-0.39, 0.29) is 11.7 Å². The van der Waals surface area contributed by atoms with E-state index in [1.165, 1.54) is 23.4 Å². The number of hydrogen-bond donors (Lipinski definition) is 1. The SMILES string of the molecule is CCC(C)c1ccc(NC(=O)C(C)Sc2nnc(-c3ccccc3F)n2CCc2ccccc2)cc1. The summed E-state index contributed by atoms with van der Waals surface area (Å²) in [5.74, 6) is 0.463. The molecule has 0 aliphatic carbocycles. The van der Waals surface area contributed by atoms with Crippen LogP contribution in [0.25, 0.3) is 11.4 Å². The van der Waals surface area contributed by atoms with Crippen LogP contribution in [-0.4, -0.2) is 25.9 Å². The molecular formula is C29H31FN4OS. The Morgan fingerprint density at radius 3 is 2.36 bits per heavy atom. The van der Waals surface area contributed by atoms with Gasteiger partial charge in [-0.2, -0.15) is 0 Å².